The minimum absolute atomic E-state index is 0.254. The number of carboxylic acids is 1. The van der Waals surface area contributed by atoms with E-state index in [1.54, 1.807) is 11.8 Å². The molecule has 0 saturated carbocycles. The van der Waals surface area contributed by atoms with Crippen molar-refractivity contribution >= 4 is 35.5 Å². The summed E-state index contributed by atoms with van der Waals surface area (Å²) in [6.45, 7) is 4.77. The normalized spacial score (nSPS) is 23.1. The summed E-state index contributed by atoms with van der Waals surface area (Å²) in [7, 11) is 0. The Labute approximate surface area is 188 Å². The summed E-state index contributed by atoms with van der Waals surface area (Å²) in [6, 6.07) is -2.95. The number of rotatable bonds is 10. The van der Waals surface area contributed by atoms with Crippen molar-refractivity contribution in [1.82, 2.24) is 15.1 Å². The fourth-order valence-electron chi connectivity index (χ4n) is 4.35. The fraction of sp³-hybridized carbons (Fsp3) is 0.810. The molecule has 10 heteroatoms. The lowest BCUT2D eigenvalue weighted by atomic mass is 10.0. The third-order valence-electron chi connectivity index (χ3n) is 5.93. The maximum atomic E-state index is 13.4. The Morgan fingerprint density at radius 1 is 1.10 bits per heavy atom. The number of nitrogens with one attached hydrogen (secondary N) is 1. The highest BCUT2D eigenvalue weighted by molar-refractivity contribution is 7.98. The predicted octanol–water partition coefficient (Wildman–Crippen LogP) is 0.664. The van der Waals surface area contributed by atoms with E-state index in [1.807, 2.05) is 20.1 Å². The molecule has 0 aliphatic carbocycles. The Balaban J connectivity index is 2.12. The van der Waals surface area contributed by atoms with Gasteiger partial charge in [0.2, 0.25) is 17.7 Å². The lowest BCUT2D eigenvalue weighted by Gasteiger charge is -2.32. The third kappa shape index (κ3) is 6.58. The third-order valence-corrected chi connectivity index (χ3v) is 6.57. The van der Waals surface area contributed by atoms with Gasteiger partial charge in [-0.1, -0.05) is 13.8 Å². The van der Waals surface area contributed by atoms with Gasteiger partial charge in [0.1, 0.15) is 18.1 Å². The molecule has 0 aromatic rings. The zero-order valence-electron chi connectivity index (χ0n) is 18.7. The first-order chi connectivity index (χ1) is 14.7. The van der Waals surface area contributed by atoms with Crippen molar-refractivity contribution in [2.24, 2.45) is 11.7 Å². The summed E-state index contributed by atoms with van der Waals surface area (Å²) in [5.41, 5.74) is 5.99. The molecule has 2 aliphatic rings. The van der Waals surface area contributed by atoms with E-state index >= 15 is 0 Å². The van der Waals surface area contributed by atoms with Crippen molar-refractivity contribution in [3.8, 4) is 0 Å². The van der Waals surface area contributed by atoms with Gasteiger partial charge in [-0.3, -0.25) is 14.4 Å². The molecule has 176 valence electrons. The van der Waals surface area contributed by atoms with E-state index in [0.717, 1.165) is 0 Å². The van der Waals surface area contributed by atoms with E-state index in [1.165, 1.54) is 9.80 Å². The molecule has 9 nitrogen and oxygen atoms in total. The first-order valence-corrected chi connectivity index (χ1v) is 12.4. The number of nitrogens with zero attached hydrogens (tertiary/aromatic N) is 2. The molecule has 2 aliphatic heterocycles. The molecule has 3 amide bonds. The van der Waals surface area contributed by atoms with Gasteiger partial charge in [0, 0.05) is 13.1 Å². The second kappa shape index (κ2) is 11.7. The quantitative estimate of drug-likeness (QED) is 0.440. The number of thioether (sulfide) groups is 1. The van der Waals surface area contributed by atoms with Crippen LogP contribution >= 0.6 is 11.8 Å². The highest BCUT2D eigenvalue weighted by Gasteiger charge is 2.43. The molecule has 2 rings (SSSR count). The van der Waals surface area contributed by atoms with Crippen LogP contribution in [0.5, 0.6) is 0 Å². The van der Waals surface area contributed by atoms with Crippen LogP contribution in [0.15, 0.2) is 0 Å². The molecule has 4 atom stereocenters. The van der Waals surface area contributed by atoms with Crippen molar-refractivity contribution in [2.75, 3.05) is 25.1 Å². The van der Waals surface area contributed by atoms with Gasteiger partial charge in [0.05, 0.1) is 6.04 Å². The van der Waals surface area contributed by atoms with Crippen LogP contribution in [-0.2, 0) is 19.2 Å². The van der Waals surface area contributed by atoms with E-state index in [0.29, 0.717) is 57.4 Å². The predicted molar refractivity (Wildman–Crippen MR) is 119 cm³/mol. The molecule has 31 heavy (non-hydrogen) atoms. The lowest BCUT2D eigenvalue weighted by Crippen LogP contribution is -2.57. The maximum absolute atomic E-state index is 13.4. The zero-order valence-corrected chi connectivity index (χ0v) is 19.5. The van der Waals surface area contributed by atoms with Crippen LogP contribution in [-0.4, -0.2) is 87.9 Å². The molecule has 2 fully saturated rings. The van der Waals surface area contributed by atoms with Gasteiger partial charge < -0.3 is 26.0 Å². The summed E-state index contributed by atoms with van der Waals surface area (Å²) in [6.07, 6.45) is 5.14. The molecule has 4 N–H and O–H groups in total. The lowest BCUT2D eigenvalue weighted by molar-refractivity contribution is -0.152. The second-order valence-electron chi connectivity index (χ2n) is 8.80. The Morgan fingerprint density at radius 3 is 2.29 bits per heavy atom. The molecule has 2 heterocycles. The first-order valence-electron chi connectivity index (χ1n) is 11.1. The summed E-state index contributed by atoms with van der Waals surface area (Å²) in [4.78, 5) is 53.5. The molecule has 0 aromatic heterocycles. The summed E-state index contributed by atoms with van der Waals surface area (Å²) in [5, 5.41) is 12.2. The second-order valence-corrected chi connectivity index (χ2v) is 9.78. The van der Waals surface area contributed by atoms with Crippen LogP contribution < -0.4 is 11.1 Å². The Kier molecular flexibility index (Phi) is 9.61. The van der Waals surface area contributed by atoms with Crippen LogP contribution in [0.4, 0.5) is 0 Å². The number of hydrogen-bond donors (Lipinski definition) is 3. The minimum atomic E-state index is -1.01. The van der Waals surface area contributed by atoms with Gasteiger partial charge in [-0.2, -0.15) is 11.8 Å². The highest BCUT2D eigenvalue weighted by atomic mass is 32.2. The first kappa shape index (κ1) is 25.5. The van der Waals surface area contributed by atoms with Gasteiger partial charge in [0.25, 0.3) is 0 Å². The SMILES string of the molecule is CSCCC(NC(=O)C(N)CC(C)C)C(=O)N1CCCC1C(=O)N1CCCC1C(=O)O. The minimum Gasteiger partial charge on any atom is -0.480 e. The zero-order chi connectivity index (χ0) is 23.1. The van der Waals surface area contributed by atoms with Crippen molar-refractivity contribution in [1.29, 1.82) is 0 Å². The largest absolute Gasteiger partial charge is 0.480 e. The van der Waals surface area contributed by atoms with E-state index in [9.17, 15) is 24.3 Å². The Hall–Kier alpha value is -1.81. The maximum Gasteiger partial charge on any atom is 0.326 e. The van der Waals surface area contributed by atoms with Crippen LogP contribution in [0, 0.1) is 5.92 Å². The molecule has 4 unspecified atom stereocenters. The average Bonchev–Trinajstić information content (AvgIpc) is 3.39. The molecule has 2 saturated heterocycles. The number of aliphatic carboxylic acids is 1. The van der Waals surface area contributed by atoms with Crippen molar-refractivity contribution in [3.05, 3.63) is 0 Å². The van der Waals surface area contributed by atoms with E-state index in [-0.39, 0.29) is 23.6 Å². The fourth-order valence-corrected chi connectivity index (χ4v) is 4.82. The topological polar surface area (TPSA) is 133 Å². The van der Waals surface area contributed by atoms with E-state index in [2.05, 4.69) is 5.32 Å². The number of nitrogens with two attached hydrogens (primary N) is 1. The summed E-state index contributed by atoms with van der Waals surface area (Å²) in [5.74, 6) is -1.03. The summed E-state index contributed by atoms with van der Waals surface area (Å²) >= 11 is 1.57. The molecule has 0 bridgehead atoms. The van der Waals surface area contributed by atoms with Gasteiger partial charge >= 0.3 is 5.97 Å². The molecule has 0 radical (unpaired) electrons. The number of carboxylic acid groups (broad SMARTS) is 1. The Bertz CT molecular complexity index is 674. The van der Waals surface area contributed by atoms with Crippen LogP contribution in [0.2, 0.25) is 0 Å². The van der Waals surface area contributed by atoms with Crippen molar-refractivity contribution in [3.63, 3.8) is 0 Å². The van der Waals surface area contributed by atoms with E-state index < -0.39 is 30.1 Å². The monoisotopic (exact) mass is 456 g/mol. The van der Waals surface area contributed by atoms with Crippen LogP contribution in [0.1, 0.15) is 52.4 Å². The van der Waals surface area contributed by atoms with Gasteiger partial charge in [-0.05, 0) is 56.5 Å². The number of hydrogen-bond acceptors (Lipinski definition) is 6. The van der Waals surface area contributed by atoms with Crippen molar-refractivity contribution in [2.45, 2.75) is 76.5 Å². The number of carbonyl (C=O) groups is 4. The van der Waals surface area contributed by atoms with Crippen molar-refractivity contribution < 1.29 is 24.3 Å². The molecule has 0 spiro atoms. The smallest absolute Gasteiger partial charge is 0.326 e. The summed E-state index contributed by atoms with van der Waals surface area (Å²) < 4.78 is 0. The van der Waals surface area contributed by atoms with Gasteiger partial charge in [-0.25, -0.2) is 4.79 Å². The molecule has 0 aromatic carbocycles. The number of likely N-dealkylation sites (tertiary alicyclic amines) is 2. The van der Waals surface area contributed by atoms with Crippen LogP contribution in [0.25, 0.3) is 0 Å². The van der Waals surface area contributed by atoms with Gasteiger partial charge in [-0.15, -0.1) is 0 Å². The van der Waals surface area contributed by atoms with Crippen LogP contribution in [0.3, 0.4) is 0 Å². The standard InChI is InChI=1S/C21H36N4O5S/c1-13(2)12-14(22)18(26)23-15(8-11-31-3)19(27)24-9-4-6-16(24)20(28)25-10-5-7-17(25)21(29)30/h13-17H,4-12,22H2,1-3H3,(H,23,26)(H,29,30). The average molecular weight is 457 g/mol. The number of amides is 3. The van der Waals surface area contributed by atoms with E-state index in [4.69, 9.17) is 5.73 Å². The highest BCUT2D eigenvalue weighted by Crippen LogP contribution is 2.26. The molecular weight excluding hydrogens is 420 g/mol. The number of carbonyl (C=O) groups excluding carboxylic acids is 3. The molecular formula is C21H36N4O5S. The van der Waals surface area contributed by atoms with Gasteiger partial charge in [0.15, 0.2) is 0 Å². The Morgan fingerprint density at radius 2 is 1.71 bits per heavy atom.